The average Bonchev–Trinajstić information content (AvgIpc) is 3.03. The van der Waals surface area contributed by atoms with E-state index in [-0.39, 0.29) is 5.91 Å². The van der Waals surface area contributed by atoms with Crippen LogP contribution >= 0.6 is 22.9 Å². The van der Waals surface area contributed by atoms with Gasteiger partial charge in [0.15, 0.2) is 0 Å². The minimum Gasteiger partial charge on any atom is -0.344 e. The number of rotatable bonds is 3. The summed E-state index contributed by atoms with van der Waals surface area (Å²) >= 11 is 7.70. The van der Waals surface area contributed by atoms with Gasteiger partial charge in [-0.1, -0.05) is 29.8 Å². The van der Waals surface area contributed by atoms with E-state index in [9.17, 15) is 4.79 Å². The molecule has 0 saturated heterocycles. The van der Waals surface area contributed by atoms with E-state index in [0.717, 1.165) is 31.4 Å². The first kappa shape index (κ1) is 15.1. The number of amides is 1. The summed E-state index contributed by atoms with van der Waals surface area (Å²) < 4.78 is 1.92. The average molecular weight is 334 g/mol. The van der Waals surface area contributed by atoms with Crippen molar-refractivity contribution < 1.29 is 4.79 Å². The predicted molar refractivity (Wildman–Crippen MR) is 90.9 cm³/mol. The Kier molecular flexibility index (Phi) is 3.93. The van der Waals surface area contributed by atoms with Crippen molar-refractivity contribution in [1.82, 2.24) is 14.7 Å². The largest absolute Gasteiger partial charge is 0.344 e. The number of nitrogens with zero attached hydrogens (tertiary/aromatic N) is 3. The molecule has 0 aliphatic carbocycles. The molecule has 3 aromatic rings. The molecule has 0 unspecified atom stereocenters. The molecule has 3 rings (SSSR count). The summed E-state index contributed by atoms with van der Waals surface area (Å²) in [4.78, 5) is 15.5. The third-order valence-corrected chi connectivity index (χ3v) is 5.01. The van der Waals surface area contributed by atoms with Gasteiger partial charge >= 0.3 is 0 Å². The molecule has 114 valence electrons. The summed E-state index contributed by atoms with van der Waals surface area (Å²) in [6, 6.07) is 9.66. The Balaban J connectivity index is 2.04. The highest BCUT2D eigenvalue weighted by atomic mass is 35.5. The van der Waals surface area contributed by atoms with Gasteiger partial charge in [-0.25, -0.2) is 0 Å². The monoisotopic (exact) mass is 333 g/mol. The second-order valence-electron chi connectivity index (χ2n) is 5.36. The predicted octanol–water partition coefficient (Wildman–Crippen LogP) is 3.81. The van der Waals surface area contributed by atoms with Crippen LogP contribution in [0, 0.1) is 6.92 Å². The Morgan fingerprint density at radius 3 is 2.77 bits per heavy atom. The van der Waals surface area contributed by atoms with E-state index in [1.807, 2.05) is 41.9 Å². The van der Waals surface area contributed by atoms with Crippen LogP contribution in [0.25, 0.3) is 10.2 Å². The van der Waals surface area contributed by atoms with Crippen molar-refractivity contribution in [2.45, 2.75) is 13.5 Å². The molecule has 4 nitrogen and oxygen atoms in total. The second kappa shape index (κ2) is 5.74. The van der Waals surface area contributed by atoms with Gasteiger partial charge in [0.1, 0.15) is 4.83 Å². The molecular formula is C16H16ClN3OS. The Morgan fingerprint density at radius 1 is 1.36 bits per heavy atom. The first-order chi connectivity index (χ1) is 10.5. The smallest absolute Gasteiger partial charge is 0.263 e. The molecule has 0 aliphatic heterocycles. The molecule has 0 saturated carbocycles. The number of carbonyl (C=O) groups is 1. The van der Waals surface area contributed by atoms with Gasteiger partial charge in [0.05, 0.1) is 17.1 Å². The highest BCUT2D eigenvalue weighted by Crippen LogP contribution is 2.30. The number of carbonyl (C=O) groups excluding carboxylic acids is 1. The zero-order valence-corrected chi connectivity index (χ0v) is 14.2. The molecule has 0 aliphatic rings. The lowest BCUT2D eigenvalue weighted by Gasteiger charge is -2.07. The van der Waals surface area contributed by atoms with Crippen LogP contribution in [0.1, 0.15) is 20.9 Å². The molecule has 0 spiro atoms. The van der Waals surface area contributed by atoms with Crippen LogP contribution < -0.4 is 0 Å². The minimum absolute atomic E-state index is 0.0184. The Morgan fingerprint density at radius 2 is 2.09 bits per heavy atom. The number of thiophene rings is 1. The molecule has 0 fully saturated rings. The fraction of sp³-hybridized carbons (Fsp3) is 0.250. The number of hydrogen-bond acceptors (Lipinski definition) is 3. The Hall–Kier alpha value is -1.85. The van der Waals surface area contributed by atoms with Crippen LogP contribution in [0.4, 0.5) is 0 Å². The molecule has 0 atom stereocenters. The molecule has 0 N–H and O–H groups in total. The van der Waals surface area contributed by atoms with Crippen LogP contribution in [-0.2, 0) is 6.54 Å². The van der Waals surface area contributed by atoms with Gasteiger partial charge in [0, 0.05) is 24.5 Å². The zero-order chi connectivity index (χ0) is 15.9. The van der Waals surface area contributed by atoms with Gasteiger partial charge in [-0.3, -0.25) is 9.48 Å². The maximum absolute atomic E-state index is 12.1. The van der Waals surface area contributed by atoms with Crippen molar-refractivity contribution in [3.63, 3.8) is 0 Å². The van der Waals surface area contributed by atoms with Crippen LogP contribution in [-0.4, -0.2) is 34.7 Å². The van der Waals surface area contributed by atoms with Crippen molar-refractivity contribution in [2.24, 2.45) is 0 Å². The van der Waals surface area contributed by atoms with Crippen molar-refractivity contribution in [3.8, 4) is 0 Å². The lowest BCUT2D eigenvalue weighted by molar-refractivity contribution is 0.0832. The molecule has 6 heteroatoms. The van der Waals surface area contributed by atoms with E-state index < -0.39 is 0 Å². The van der Waals surface area contributed by atoms with Crippen molar-refractivity contribution in [3.05, 3.63) is 51.5 Å². The maximum Gasteiger partial charge on any atom is 0.263 e. The lowest BCUT2D eigenvalue weighted by atomic mass is 10.2. The summed E-state index contributed by atoms with van der Waals surface area (Å²) in [5, 5.41) is 6.33. The molecule has 2 aromatic heterocycles. The highest BCUT2D eigenvalue weighted by molar-refractivity contribution is 7.20. The molecule has 0 bridgehead atoms. The van der Waals surface area contributed by atoms with E-state index in [2.05, 4.69) is 5.10 Å². The van der Waals surface area contributed by atoms with Crippen LogP contribution in [0.2, 0.25) is 5.02 Å². The fourth-order valence-corrected chi connectivity index (χ4v) is 3.71. The van der Waals surface area contributed by atoms with E-state index in [1.165, 1.54) is 11.3 Å². The van der Waals surface area contributed by atoms with E-state index in [1.54, 1.807) is 19.0 Å². The Bertz CT molecular complexity index is 850. The highest BCUT2D eigenvalue weighted by Gasteiger charge is 2.17. The summed E-state index contributed by atoms with van der Waals surface area (Å²) in [6.45, 7) is 2.56. The second-order valence-corrected chi connectivity index (χ2v) is 6.80. The maximum atomic E-state index is 12.1. The molecular weight excluding hydrogens is 318 g/mol. The van der Waals surface area contributed by atoms with Crippen molar-refractivity contribution >= 4 is 39.1 Å². The van der Waals surface area contributed by atoms with Crippen LogP contribution in [0.15, 0.2) is 30.3 Å². The minimum atomic E-state index is 0.0184. The van der Waals surface area contributed by atoms with E-state index in [0.29, 0.717) is 6.54 Å². The summed E-state index contributed by atoms with van der Waals surface area (Å²) in [7, 11) is 3.52. The van der Waals surface area contributed by atoms with Gasteiger partial charge in [-0.05, 0) is 24.6 Å². The first-order valence-electron chi connectivity index (χ1n) is 6.89. The fourth-order valence-electron chi connectivity index (χ4n) is 2.33. The number of hydrogen-bond donors (Lipinski definition) is 0. The van der Waals surface area contributed by atoms with Gasteiger partial charge in [-0.15, -0.1) is 11.3 Å². The standard InChI is InChI=1S/C16H16ClN3OS/c1-10-12-8-14(15(21)19(2)3)22-16(12)20(18-10)9-11-6-4-5-7-13(11)17/h4-8H,9H2,1-3H3. The number of fused-ring (bicyclic) bond motifs is 1. The quantitative estimate of drug-likeness (QED) is 0.731. The first-order valence-corrected chi connectivity index (χ1v) is 8.09. The summed E-state index contributed by atoms with van der Waals surface area (Å²) in [5.41, 5.74) is 1.94. The van der Waals surface area contributed by atoms with Crippen LogP contribution in [0.5, 0.6) is 0 Å². The van der Waals surface area contributed by atoms with E-state index in [4.69, 9.17) is 11.6 Å². The number of aromatic nitrogens is 2. The van der Waals surface area contributed by atoms with Crippen molar-refractivity contribution in [1.29, 1.82) is 0 Å². The molecule has 22 heavy (non-hydrogen) atoms. The topological polar surface area (TPSA) is 38.1 Å². The van der Waals surface area contributed by atoms with Gasteiger partial charge in [0.2, 0.25) is 0 Å². The van der Waals surface area contributed by atoms with E-state index >= 15 is 0 Å². The lowest BCUT2D eigenvalue weighted by Crippen LogP contribution is -2.20. The number of aryl methyl sites for hydroxylation is 1. The van der Waals surface area contributed by atoms with Gasteiger partial charge < -0.3 is 4.90 Å². The SMILES string of the molecule is Cc1nn(Cc2ccccc2Cl)c2sc(C(=O)N(C)C)cc12. The normalized spacial score (nSPS) is 11.1. The summed E-state index contributed by atoms with van der Waals surface area (Å²) in [6.07, 6.45) is 0. The van der Waals surface area contributed by atoms with Crippen molar-refractivity contribution in [2.75, 3.05) is 14.1 Å². The number of benzene rings is 1. The third-order valence-electron chi connectivity index (χ3n) is 3.50. The molecule has 1 amide bonds. The van der Waals surface area contributed by atoms with Gasteiger partial charge in [-0.2, -0.15) is 5.10 Å². The molecule has 1 aromatic carbocycles. The molecule has 0 radical (unpaired) electrons. The van der Waals surface area contributed by atoms with Gasteiger partial charge in [0.25, 0.3) is 5.91 Å². The number of halogens is 1. The summed E-state index contributed by atoms with van der Waals surface area (Å²) in [5.74, 6) is 0.0184. The Labute approximate surface area is 137 Å². The van der Waals surface area contributed by atoms with Crippen LogP contribution in [0.3, 0.4) is 0 Å². The zero-order valence-electron chi connectivity index (χ0n) is 12.6. The third kappa shape index (κ3) is 2.62. The molecule has 2 heterocycles.